The predicted octanol–water partition coefficient (Wildman–Crippen LogP) is 2.55. The van der Waals surface area contributed by atoms with Crippen LogP contribution < -0.4 is 14.8 Å². The van der Waals surface area contributed by atoms with Gasteiger partial charge in [0.15, 0.2) is 0 Å². The quantitative estimate of drug-likeness (QED) is 0.825. The highest BCUT2D eigenvalue weighted by molar-refractivity contribution is 5.46. The lowest BCUT2D eigenvalue weighted by molar-refractivity contribution is 0.389. The van der Waals surface area contributed by atoms with Crippen molar-refractivity contribution in [2.45, 2.75) is 33.2 Å². The van der Waals surface area contributed by atoms with Gasteiger partial charge in [0, 0.05) is 12.1 Å². The first kappa shape index (κ1) is 13.8. The second kappa shape index (κ2) is 6.50. The summed E-state index contributed by atoms with van der Waals surface area (Å²) in [6.07, 6.45) is 0.969. The van der Waals surface area contributed by atoms with E-state index in [1.165, 1.54) is 11.1 Å². The summed E-state index contributed by atoms with van der Waals surface area (Å²) in [7, 11) is 3.38. The van der Waals surface area contributed by atoms with Gasteiger partial charge in [-0.25, -0.2) is 0 Å². The minimum absolute atomic E-state index is 0.513. The van der Waals surface area contributed by atoms with E-state index in [4.69, 9.17) is 9.47 Å². The Labute approximate surface area is 104 Å². The topological polar surface area (TPSA) is 30.5 Å². The number of benzene rings is 1. The molecule has 0 atom stereocenters. The van der Waals surface area contributed by atoms with Crippen LogP contribution in [-0.2, 0) is 6.42 Å². The maximum Gasteiger partial charge on any atom is 0.126 e. The van der Waals surface area contributed by atoms with Crippen molar-refractivity contribution in [1.29, 1.82) is 0 Å². The third-order valence-corrected chi connectivity index (χ3v) is 2.79. The van der Waals surface area contributed by atoms with E-state index >= 15 is 0 Å². The zero-order chi connectivity index (χ0) is 12.8. The van der Waals surface area contributed by atoms with Crippen molar-refractivity contribution in [2.24, 2.45) is 0 Å². The minimum Gasteiger partial charge on any atom is -0.497 e. The van der Waals surface area contributed by atoms with E-state index in [1.807, 2.05) is 12.1 Å². The summed E-state index contributed by atoms with van der Waals surface area (Å²) in [5.74, 6) is 1.76. The van der Waals surface area contributed by atoms with Gasteiger partial charge in [-0.05, 0) is 37.1 Å². The molecule has 1 aromatic carbocycles. The molecule has 0 spiro atoms. The largest absolute Gasteiger partial charge is 0.497 e. The molecule has 0 aromatic heterocycles. The normalized spacial score (nSPS) is 10.7. The molecule has 0 saturated heterocycles. The van der Waals surface area contributed by atoms with Crippen molar-refractivity contribution in [3.05, 3.63) is 23.3 Å². The predicted molar refractivity (Wildman–Crippen MR) is 71.1 cm³/mol. The minimum atomic E-state index is 0.513. The summed E-state index contributed by atoms with van der Waals surface area (Å²) in [5, 5.41) is 3.41. The molecule has 0 aliphatic rings. The van der Waals surface area contributed by atoms with E-state index in [9.17, 15) is 0 Å². The van der Waals surface area contributed by atoms with Gasteiger partial charge >= 0.3 is 0 Å². The van der Waals surface area contributed by atoms with Crippen LogP contribution >= 0.6 is 0 Å². The maximum atomic E-state index is 5.42. The molecule has 0 radical (unpaired) electrons. The Morgan fingerprint density at radius 2 is 1.88 bits per heavy atom. The van der Waals surface area contributed by atoms with Crippen molar-refractivity contribution in [3.63, 3.8) is 0 Å². The molecular weight excluding hydrogens is 214 g/mol. The number of methoxy groups -OCH3 is 2. The van der Waals surface area contributed by atoms with Crippen LogP contribution in [0.15, 0.2) is 12.1 Å². The maximum absolute atomic E-state index is 5.42. The Balaban J connectivity index is 2.82. The molecule has 0 unspecified atom stereocenters. The van der Waals surface area contributed by atoms with Crippen LogP contribution in [0.1, 0.15) is 25.0 Å². The van der Waals surface area contributed by atoms with Gasteiger partial charge in [0.25, 0.3) is 0 Å². The monoisotopic (exact) mass is 237 g/mol. The van der Waals surface area contributed by atoms with Gasteiger partial charge in [-0.15, -0.1) is 0 Å². The standard InChI is InChI=1S/C14H23NO2/c1-10(2)15-7-6-13-11(3)8-12(16-4)9-14(13)17-5/h8-10,15H,6-7H2,1-5H3. The lowest BCUT2D eigenvalue weighted by Crippen LogP contribution is -2.25. The van der Waals surface area contributed by atoms with E-state index in [0.29, 0.717) is 6.04 Å². The molecule has 0 heterocycles. The van der Waals surface area contributed by atoms with Gasteiger partial charge in [-0.1, -0.05) is 13.8 Å². The molecule has 0 aliphatic heterocycles. The van der Waals surface area contributed by atoms with E-state index in [-0.39, 0.29) is 0 Å². The van der Waals surface area contributed by atoms with Crippen molar-refractivity contribution in [2.75, 3.05) is 20.8 Å². The smallest absolute Gasteiger partial charge is 0.126 e. The van der Waals surface area contributed by atoms with Crippen LogP contribution in [0.4, 0.5) is 0 Å². The number of hydrogen-bond donors (Lipinski definition) is 1. The molecular formula is C14H23NO2. The van der Waals surface area contributed by atoms with E-state index in [2.05, 4.69) is 26.1 Å². The van der Waals surface area contributed by atoms with Crippen molar-refractivity contribution in [3.8, 4) is 11.5 Å². The van der Waals surface area contributed by atoms with Crippen molar-refractivity contribution < 1.29 is 9.47 Å². The fourth-order valence-electron chi connectivity index (χ4n) is 1.86. The van der Waals surface area contributed by atoms with Crippen LogP contribution in [-0.4, -0.2) is 26.8 Å². The van der Waals surface area contributed by atoms with Crippen molar-refractivity contribution >= 4 is 0 Å². The summed E-state index contributed by atoms with van der Waals surface area (Å²) in [6.45, 7) is 7.35. The molecule has 1 N–H and O–H groups in total. The fraction of sp³-hybridized carbons (Fsp3) is 0.571. The average molecular weight is 237 g/mol. The van der Waals surface area contributed by atoms with Crippen LogP contribution in [0.2, 0.25) is 0 Å². The summed E-state index contributed by atoms with van der Waals surface area (Å²) in [5.41, 5.74) is 2.47. The number of hydrogen-bond acceptors (Lipinski definition) is 3. The first-order chi connectivity index (χ1) is 8.08. The molecule has 0 saturated carbocycles. The van der Waals surface area contributed by atoms with E-state index in [1.54, 1.807) is 14.2 Å². The number of aryl methyl sites for hydroxylation is 1. The molecule has 0 bridgehead atoms. The second-order valence-electron chi connectivity index (χ2n) is 4.48. The van der Waals surface area contributed by atoms with Crippen LogP contribution in [0.5, 0.6) is 11.5 Å². The van der Waals surface area contributed by atoms with E-state index < -0.39 is 0 Å². The highest BCUT2D eigenvalue weighted by atomic mass is 16.5. The van der Waals surface area contributed by atoms with Gasteiger partial charge in [0.2, 0.25) is 0 Å². The third kappa shape index (κ3) is 3.93. The highest BCUT2D eigenvalue weighted by Gasteiger charge is 2.09. The lowest BCUT2D eigenvalue weighted by atomic mass is 10.0. The summed E-state index contributed by atoms with van der Waals surface area (Å²) >= 11 is 0. The summed E-state index contributed by atoms with van der Waals surface area (Å²) in [4.78, 5) is 0. The van der Waals surface area contributed by atoms with Crippen LogP contribution in [0.25, 0.3) is 0 Å². The Morgan fingerprint density at radius 1 is 1.18 bits per heavy atom. The van der Waals surface area contributed by atoms with Crippen LogP contribution in [0, 0.1) is 6.92 Å². The summed E-state index contributed by atoms with van der Waals surface area (Å²) < 4.78 is 10.7. The molecule has 0 amide bonds. The molecule has 1 aromatic rings. The van der Waals surface area contributed by atoms with Gasteiger partial charge in [0.05, 0.1) is 14.2 Å². The van der Waals surface area contributed by atoms with E-state index in [0.717, 1.165) is 24.5 Å². The Morgan fingerprint density at radius 3 is 2.41 bits per heavy atom. The Hall–Kier alpha value is -1.22. The zero-order valence-electron chi connectivity index (χ0n) is 11.5. The highest BCUT2D eigenvalue weighted by Crippen LogP contribution is 2.28. The first-order valence-electron chi connectivity index (χ1n) is 6.03. The molecule has 0 fully saturated rings. The van der Waals surface area contributed by atoms with Crippen molar-refractivity contribution in [1.82, 2.24) is 5.32 Å². The molecule has 0 aliphatic carbocycles. The van der Waals surface area contributed by atoms with Gasteiger partial charge in [-0.2, -0.15) is 0 Å². The number of ether oxygens (including phenoxy) is 2. The van der Waals surface area contributed by atoms with Gasteiger partial charge < -0.3 is 14.8 Å². The molecule has 96 valence electrons. The van der Waals surface area contributed by atoms with Gasteiger partial charge in [0.1, 0.15) is 11.5 Å². The molecule has 17 heavy (non-hydrogen) atoms. The second-order valence-corrected chi connectivity index (χ2v) is 4.48. The van der Waals surface area contributed by atoms with Gasteiger partial charge in [-0.3, -0.25) is 0 Å². The lowest BCUT2D eigenvalue weighted by Gasteiger charge is -2.15. The molecule has 1 rings (SSSR count). The molecule has 3 heteroatoms. The average Bonchev–Trinajstić information content (AvgIpc) is 2.30. The Bertz CT molecular complexity index is 361. The number of nitrogens with one attached hydrogen (secondary N) is 1. The summed E-state index contributed by atoms with van der Waals surface area (Å²) in [6, 6.07) is 4.50. The zero-order valence-corrected chi connectivity index (χ0v) is 11.5. The fourth-order valence-corrected chi connectivity index (χ4v) is 1.86. The Kier molecular flexibility index (Phi) is 5.29. The molecule has 3 nitrogen and oxygen atoms in total. The third-order valence-electron chi connectivity index (χ3n) is 2.79. The number of rotatable bonds is 6. The SMILES string of the molecule is COc1cc(C)c(CCNC(C)C)c(OC)c1. The van der Waals surface area contributed by atoms with Crippen LogP contribution in [0.3, 0.4) is 0 Å². The first-order valence-corrected chi connectivity index (χ1v) is 6.03.